The zero-order valence-electron chi connectivity index (χ0n) is 11.2. The Morgan fingerprint density at radius 3 is 3.15 bits per heavy atom. The first-order valence-electron chi connectivity index (χ1n) is 6.59. The molecule has 0 saturated carbocycles. The lowest BCUT2D eigenvalue weighted by molar-refractivity contribution is 0.0514. The number of piperidine rings is 1. The number of anilines is 1. The number of fused-ring (bicyclic) bond motifs is 1. The van der Waals surface area contributed by atoms with Gasteiger partial charge in [0.2, 0.25) is 0 Å². The molecule has 0 radical (unpaired) electrons. The number of ether oxygens (including phenoxy) is 1. The first kappa shape index (κ1) is 12.8. The second-order valence-electron chi connectivity index (χ2n) is 4.79. The molecule has 0 bridgehead atoms. The van der Waals surface area contributed by atoms with Crippen LogP contribution < -0.4 is 4.90 Å². The Kier molecular flexibility index (Phi) is 3.44. The summed E-state index contributed by atoms with van der Waals surface area (Å²) in [5.41, 5.74) is 0.846. The summed E-state index contributed by atoms with van der Waals surface area (Å²) in [6.07, 6.45) is 6.54. The first-order chi connectivity index (χ1) is 9.85. The molecule has 2 unspecified atom stereocenters. The molecule has 0 amide bonds. The molecule has 3 heterocycles. The van der Waals surface area contributed by atoms with E-state index in [2.05, 4.69) is 21.0 Å². The van der Waals surface area contributed by atoms with Crippen molar-refractivity contribution in [1.29, 1.82) is 5.26 Å². The molecule has 6 nitrogen and oxygen atoms in total. The molecule has 2 aromatic rings. The quantitative estimate of drug-likeness (QED) is 0.826. The lowest BCUT2D eigenvalue weighted by Crippen LogP contribution is -2.46. The van der Waals surface area contributed by atoms with E-state index in [1.54, 1.807) is 25.8 Å². The van der Waals surface area contributed by atoms with Crippen LogP contribution in [-0.4, -0.2) is 34.8 Å². The van der Waals surface area contributed by atoms with E-state index >= 15 is 0 Å². The highest BCUT2D eigenvalue weighted by molar-refractivity contribution is 5.88. The van der Waals surface area contributed by atoms with Crippen molar-refractivity contribution in [3.63, 3.8) is 0 Å². The van der Waals surface area contributed by atoms with Crippen molar-refractivity contribution >= 4 is 16.7 Å². The lowest BCUT2D eigenvalue weighted by atomic mass is 9.97. The van der Waals surface area contributed by atoms with Crippen LogP contribution in [0.25, 0.3) is 10.9 Å². The number of rotatable bonds is 2. The van der Waals surface area contributed by atoms with Gasteiger partial charge in [0, 0.05) is 26.0 Å². The first-order valence-corrected chi connectivity index (χ1v) is 6.59. The molecule has 0 spiro atoms. The van der Waals surface area contributed by atoms with Crippen LogP contribution >= 0.6 is 0 Å². The Balaban J connectivity index is 2.07. The molecule has 1 aliphatic rings. The molecule has 0 N–H and O–H groups in total. The summed E-state index contributed by atoms with van der Waals surface area (Å²) < 4.78 is 5.53. The van der Waals surface area contributed by atoms with Gasteiger partial charge in [-0.15, -0.1) is 0 Å². The molecule has 1 fully saturated rings. The molecule has 6 heteroatoms. The van der Waals surface area contributed by atoms with Gasteiger partial charge in [-0.25, -0.2) is 9.97 Å². The van der Waals surface area contributed by atoms with E-state index in [-0.39, 0.29) is 12.1 Å². The minimum absolute atomic E-state index is 0.143. The number of nitrogens with zero attached hydrogens (tertiary/aromatic N) is 5. The molecule has 0 aliphatic carbocycles. The van der Waals surface area contributed by atoms with E-state index in [1.807, 2.05) is 11.0 Å². The van der Waals surface area contributed by atoms with Crippen LogP contribution in [0.2, 0.25) is 0 Å². The second-order valence-corrected chi connectivity index (χ2v) is 4.79. The third-order valence-corrected chi connectivity index (χ3v) is 3.66. The molecule has 20 heavy (non-hydrogen) atoms. The fourth-order valence-corrected chi connectivity index (χ4v) is 2.73. The largest absolute Gasteiger partial charge is 0.360 e. The van der Waals surface area contributed by atoms with Crippen molar-refractivity contribution < 1.29 is 4.74 Å². The van der Waals surface area contributed by atoms with Gasteiger partial charge in [-0.2, -0.15) is 5.26 Å². The minimum atomic E-state index is -0.271. The average molecular weight is 269 g/mol. The van der Waals surface area contributed by atoms with Crippen LogP contribution in [0.15, 0.2) is 24.8 Å². The number of hydrogen-bond acceptors (Lipinski definition) is 6. The fraction of sp³-hybridized carbons (Fsp3) is 0.429. The van der Waals surface area contributed by atoms with Crippen LogP contribution in [0.4, 0.5) is 5.82 Å². The smallest absolute Gasteiger partial charge is 0.146 e. The predicted molar refractivity (Wildman–Crippen MR) is 73.8 cm³/mol. The number of methoxy groups -OCH3 is 1. The standard InChI is InChI=1S/C14H15N5O/c1-20-14-10(7-15)3-2-6-19(14)13-11-8-16-5-4-12(11)17-9-18-13/h4-5,8-10,14H,2-3,6H2,1H3. The number of pyridine rings is 1. The zero-order chi connectivity index (χ0) is 13.9. The summed E-state index contributed by atoms with van der Waals surface area (Å²) in [5.74, 6) is 0.644. The summed E-state index contributed by atoms with van der Waals surface area (Å²) in [5, 5.41) is 10.2. The Labute approximate surface area is 117 Å². The maximum Gasteiger partial charge on any atom is 0.146 e. The summed E-state index contributed by atoms with van der Waals surface area (Å²) in [6, 6.07) is 4.18. The highest BCUT2D eigenvalue weighted by Crippen LogP contribution is 2.31. The topological polar surface area (TPSA) is 74.9 Å². The summed E-state index contributed by atoms with van der Waals surface area (Å²) >= 11 is 0. The molecule has 3 rings (SSSR count). The van der Waals surface area contributed by atoms with E-state index in [1.165, 1.54) is 0 Å². The molecule has 1 aliphatic heterocycles. The van der Waals surface area contributed by atoms with Crippen molar-refractivity contribution in [2.45, 2.75) is 19.1 Å². The second kappa shape index (κ2) is 5.39. The third-order valence-electron chi connectivity index (χ3n) is 3.66. The van der Waals surface area contributed by atoms with E-state index in [4.69, 9.17) is 4.74 Å². The normalized spacial score (nSPS) is 22.7. The number of hydrogen-bond donors (Lipinski definition) is 0. The van der Waals surface area contributed by atoms with Crippen LogP contribution in [0.3, 0.4) is 0 Å². The predicted octanol–water partition coefficient (Wildman–Crippen LogP) is 1.74. The SMILES string of the molecule is COC1C(C#N)CCCN1c1ncnc2ccncc12. The number of nitriles is 1. The van der Waals surface area contributed by atoms with Crippen molar-refractivity contribution in [1.82, 2.24) is 15.0 Å². The van der Waals surface area contributed by atoms with E-state index in [9.17, 15) is 5.26 Å². The van der Waals surface area contributed by atoms with Crippen molar-refractivity contribution in [3.05, 3.63) is 24.8 Å². The summed E-state index contributed by atoms with van der Waals surface area (Å²) in [7, 11) is 1.63. The van der Waals surface area contributed by atoms with Gasteiger partial charge in [0.05, 0.1) is 22.9 Å². The fourth-order valence-electron chi connectivity index (χ4n) is 2.73. The van der Waals surface area contributed by atoms with Crippen LogP contribution in [0.5, 0.6) is 0 Å². The van der Waals surface area contributed by atoms with Crippen LogP contribution in [0.1, 0.15) is 12.8 Å². The number of aromatic nitrogens is 3. The highest BCUT2D eigenvalue weighted by Gasteiger charge is 2.33. The van der Waals surface area contributed by atoms with Gasteiger partial charge in [-0.1, -0.05) is 0 Å². The molecule has 0 aromatic carbocycles. The van der Waals surface area contributed by atoms with Crippen molar-refractivity contribution in [2.75, 3.05) is 18.6 Å². The third kappa shape index (κ3) is 2.06. The Bertz CT molecular complexity index is 648. The van der Waals surface area contributed by atoms with Crippen LogP contribution in [0, 0.1) is 17.2 Å². The Hall–Kier alpha value is -2.26. The molecular weight excluding hydrogens is 254 g/mol. The van der Waals surface area contributed by atoms with Crippen molar-refractivity contribution in [2.24, 2.45) is 5.92 Å². The maximum atomic E-state index is 9.27. The van der Waals surface area contributed by atoms with Crippen LogP contribution in [-0.2, 0) is 4.74 Å². The molecular formula is C14H15N5O. The zero-order valence-corrected chi connectivity index (χ0v) is 11.2. The molecule has 2 aromatic heterocycles. The van der Waals surface area contributed by atoms with Gasteiger partial charge in [0.1, 0.15) is 18.4 Å². The molecule has 2 atom stereocenters. The van der Waals surface area contributed by atoms with Gasteiger partial charge in [0.15, 0.2) is 0 Å². The van der Waals surface area contributed by atoms with E-state index < -0.39 is 0 Å². The maximum absolute atomic E-state index is 9.27. The van der Waals surface area contributed by atoms with Gasteiger partial charge in [-0.3, -0.25) is 4.98 Å². The molecule has 102 valence electrons. The molecule has 1 saturated heterocycles. The minimum Gasteiger partial charge on any atom is -0.360 e. The van der Waals surface area contributed by atoms with E-state index in [0.717, 1.165) is 36.1 Å². The Morgan fingerprint density at radius 1 is 1.45 bits per heavy atom. The average Bonchev–Trinajstić information content (AvgIpc) is 2.53. The van der Waals surface area contributed by atoms with Gasteiger partial charge in [-0.05, 0) is 18.9 Å². The van der Waals surface area contributed by atoms with Gasteiger partial charge >= 0.3 is 0 Å². The van der Waals surface area contributed by atoms with Crippen molar-refractivity contribution in [3.8, 4) is 6.07 Å². The van der Waals surface area contributed by atoms with Gasteiger partial charge < -0.3 is 9.64 Å². The summed E-state index contributed by atoms with van der Waals surface area (Å²) in [6.45, 7) is 0.817. The lowest BCUT2D eigenvalue weighted by Gasteiger charge is -2.38. The van der Waals surface area contributed by atoms with Gasteiger partial charge in [0.25, 0.3) is 0 Å². The Morgan fingerprint density at radius 2 is 2.35 bits per heavy atom. The highest BCUT2D eigenvalue weighted by atomic mass is 16.5. The van der Waals surface area contributed by atoms with E-state index in [0.29, 0.717) is 0 Å². The monoisotopic (exact) mass is 269 g/mol. The summed E-state index contributed by atoms with van der Waals surface area (Å²) in [4.78, 5) is 14.8.